The minimum absolute atomic E-state index is 0.0766. The van der Waals surface area contributed by atoms with Crippen LogP contribution >= 0.6 is 0 Å². The third-order valence-electron chi connectivity index (χ3n) is 5.55. The number of halogens is 2. The minimum atomic E-state index is -0.450. The Labute approximate surface area is 192 Å². The quantitative estimate of drug-likeness (QED) is 0.523. The summed E-state index contributed by atoms with van der Waals surface area (Å²) in [5.74, 6) is -0.677. The number of hydrogen-bond acceptors (Lipinski definition) is 4. The number of carbonyl (C=O) groups is 1. The fourth-order valence-electron chi connectivity index (χ4n) is 4.02. The first-order valence-electron chi connectivity index (χ1n) is 11.2. The van der Waals surface area contributed by atoms with Gasteiger partial charge in [0.15, 0.2) is 0 Å². The van der Waals surface area contributed by atoms with E-state index in [2.05, 4.69) is 20.4 Å². The smallest absolute Gasteiger partial charge is 0.253 e. The van der Waals surface area contributed by atoms with Gasteiger partial charge in [-0.2, -0.15) is 5.10 Å². The number of piperidine rings is 1. The van der Waals surface area contributed by atoms with Crippen molar-refractivity contribution in [1.29, 1.82) is 0 Å². The lowest BCUT2D eigenvalue weighted by molar-refractivity contribution is 0.0950. The predicted octanol–water partition coefficient (Wildman–Crippen LogP) is 5.06. The van der Waals surface area contributed by atoms with E-state index in [-0.39, 0.29) is 18.6 Å². The normalized spacial score (nSPS) is 13.9. The molecule has 1 saturated heterocycles. The molecule has 4 rings (SSSR count). The van der Waals surface area contributed by atoms with E-state index in [9.17, 15) is 13.6 Å². The van der Waals surface area contributed by atoms with Gasteiger partial charge < -0.3 is 15.0 Å². The molecule has 0 saturated carbocycles. The number of benzene rings is 2. The van der Waals surface area contributed by atoms with E-state index in [1.807, 2.05) is 13.8 Å². The highest BCUT2D eigenvalue weighted by molar-refractivity contribution is 5.99. The molecule has 1 amide bonds. The molecule has 174 valence electrons. The van der Waals surface area contributed by atoms with Gasteiger partial charge in [0.2, 0.25) is 0 Å². The number of aromatic amines is 1. The van der Waals surface area contributed by atoms with E-state index < -0.39 is 11.6 Å². The van der Waals surface area contributed by atoms with Crippen LogP contribution in [-0.4, -0.2) is 35.3 Å². The van der Waals surface area contributed by atoms with Gasteiger partial charge in [0.25, 0.3) is 5.91 Å². The number of anilines is 1. The van der Waals surface area contributed by atoms with E-state index in [0.29, 0.717) is 28.3 Å². The summed E-state index contributed by atoms with van der Waals surface area (Å²) in [6.07, 6.45) is 3.19. The summed E-state index contributed by atoms with van der Waals surface area (Å²) in [6.45, 7) is 5.65. The van der Waals surface area contributed by atoms with Gasteiger partial charge in [0, 0.05) is 24.3 Å². The van der Waals surface area contributed by atoms with E-state index >= 15 is 0 Å². The van der Waals surface area contributed by atoms with Crippen LogP contribution in [-0.2, 0) is 6.54 Å². The van der Waals surface area contributed by atoms with Crippen molar-refractivity contribution >= 4 is 11.6 Å². The van der Waals surface area contributed by atoms with Gasteiger partial charge in [-0.15, -0.1) is 0 Å². The van der Waals surface area contributed by atoms with Gasteiger partial charge >= 0.3 is 0 Å². The lowest BCUT2D eigenvalue weighted by Gasteiger charge is -2.30. The van der Waals surface area contributed by atoms with Crippen LogP contribution < -0.4 is 15.0 Å². The molecule has 0 bridgehead atoms. The Kier molecular flexibility index (Phi) is 6.91. The van der Waals surface area contributed by atoms with E-state index in [1.54, 1.807) is 18.2 Å². The lowest BCUT2D eigenvalue weighted by Crippen LogP contribution is -2.32. The highest BCUT2D eigenvalue weighted by atomic mass is 19.1. The molecular weight excluding hydrogens is 426 g/mol. The Morgan fingerprint density at radius 2 is 1.82 bits per heavy atom. The van der Waals surface area contributed by atoms with Crippen molar-refractivity contribution in [1.82, 2.24) is 15.5 Å². The molecule has 0 aliphatic carbocycles. The second-order valence-corrected chi connectivity index (χ2v) is 8.48. The van der Waals surface area contributed by atoms with E-state index in [4.69, 9.17) is 4.74 Å². The van der Waals surface area contributed by atoms with Gasteiger partial charge in [-0.25, -0.2) is 8.78 Å². The van der Waals surface area contributed by atoms with Crippen LogP contribution in [0.15, 0.2) is 42.5 Å². The highest BCUT2D eigenvalue weighted by Crippen LogP contribution is 2.31. The van der Waals surface area contributed by atoms with Crippen LogP contribution in [0.25, 0.3) is 11.3 Å². The number of nitrogens with zero attached hydrogens (tertiary/aromatic N) is 2. The molecule has 0 unspecified atom stereocenters. The van der Waals surface area contributed by atoms with Gasteiger partial charge in [-0.05, 0) is 75.6 Å². The summed E-state index contributed by atoms with van der Waals surface area (Å²) in [6, 6.07) is 10.4. The first-order chi connectivity index (χ1) is 15.9. The molecule has 1 fully saturated rings. The van der Waals surface area contributed by atoms with Crippen LogP contribution in [0, 0.1) is 11.6 Å². The molecule has 2 aromatic carbocycles. The minimum Gasteiger partial charge on any atom is -0.490 e. The number of carbonyl (C=O) groups excluding carboxylic acids is 1. The molecule has 8 heteroatoms. The fourth-order valence-corrected chi connectivity index (χ4v) is 4.02. The summed E-state index contributed by atoms with van der Waals surface area (Å²) in [5, 5.41) is 9.97. The van der Waals surface area contributed by atoms with Gasteiger partial charge in [-0.3, -0.25) is 9.89 Å². The van der Waals surface area contributed by atoms with Crippen LogP contribution in [0.1, 0.15) is 49.2 Å². The van der Waals surface area contributed by atoms with Gasteiger partial charge in [0.1, 0.15) is 17.4 Å². The van der Waals surface area contributed by atoms with Gasteiger partial charge in [0.05, 0.1) is 29.6 Å². The Balaban J connectivity index is 1.49. The number of hydrogen-bond donors (Lipinski definition) is 2. The van der Waals surface area contributed by atoms with Crippen molar-refractivity contribution in [3.8, 4) is 17.0 Å². The first-order valence-corrected chi connectivity index (χ1v) is 11.2. The Morgan fingerprint density at radius 1 is 1.09 bits per heavy atom. The number of H-pyrrole nitrogens is 1. The Hall–Kier alpha value is -3.42. The molecule has 2 heterocycles. The second kappa shape index (κ2) is 10.0. The number of aromatic nitrogens is 2. The summed E-state index contributed by atoms with van der Waals surface area (Å²) in [5.41, 5.74) is 2.72. The molecule has 1 aliphatic heterocycles. The van der Waals surface area contributed by atoms with Crippen LogP contribution in [0.5, 0.6) is 5.75 Å². The van der Waals surface area contributed by atoms with Crippen molar-refractivity contribution in [3.63, 3.8) is 0 Å². The average Bonchev–Trinajstić information content (AvgIpc) is 3.28. The number of amides is 1. The molecule has 0 atom stereocenters. The zero-order valence-corrected chi connectivity index (χ0v) is 18.8. The molecule has 6 nitrogen and oxygen atoms in total. The van der Waals surface area contributed by atoms with Crippen LogP contribution in [0.4, 0.5) is 14.5 Å². The Bertz CT molecular complexity index is 1120. The van der Waals surface area contributed by atoms with Crippen LogP contribution in [0.2, 0.25) is 0 Å². The third-order valence-corrected chi connectivity index (χ3v) is 5.55. The van der Waals surface area contributed by atoms with Crippen molar-refractivity contribution in [2.24, 2.45) is 0 Å². The van der Waals surface area contributed by atoms with Crippen molar-refractivity contribution in [2.45, 2.75) is 45.8 Å². The average molecular weight is 455 g/mol. The standard InChI is InChI=1S/C25H28F2N4O2/c1-16(2)33-24-9-7-18(27)12-20(24)22-14-19(29-30-22)15-28-25(32)21-13-17(26)6-8-23(21)31-10-4-3-5-11-31/h6-9,12-14,16H,3-5,10-11,15H2,1-2H3,(H,28,32)(H,29,30). The monoisotopic (exact) mass is 454 g/mol. The summed E-state index contributed by atoms with van der Waals surface area (Å²) in [4.78, 5) is 15.1. The maximum atomic E-state index is 13.9. The van der Waals surface area contributed by atoms with Crippen LogP contribution in [0.3, 0.4) is 0 Å². The van der Waals surface area contributed by atoms with Crippen molar-refractivity contribution in [3.05, 3.63) is 65.4 Å². The maximum absolute atomic E-state index is 13.9. The molecule has 33 heavy (non-hydrogen) atoms. The predicted molar refractivity (Wildman–Crippen MR) is 123 cm³/mol. The summed E-state index contributed by atoms with van der Waals surface area (Å²) < 4.78 is 33.6. The Morgan fingerprint density at radius 3 is 2.58 bits per heavy atom. The first kappa shape index (κ1) is 22.8. The number of ether oxygens (including phenoxy) is 1. The van der Waals surface area contributed by atoms with Crippen molar-refractivity contribution in [2.75, 3.05) is 18.0 Å². The largest absolute Gasteiger partial charge is 0.490 e. The molecule has 2 N–H and O–H groups in total. The topological polar surface area (TPSA) is 70.2 Å². The van der Waals surface area contributed by atoms with Crippen molar-refractivity contribution < 1.29 is 18.3 Å². The fraction of sp³-hybridized carbons (Fsp3) is 0.360. The molecule has 1 aliphatic rings. The lowest BCUT2D eigenvalue weighted by atomic mass is 10.1. The summed E-state index contributed by atoms with van der Waals surface area (Å²) >= 11 is 0. The zero-order valence-electron chi connectivity index (χ0n) is 18.8. The molecule has 1 aromatic heterocycles. The van der Waals surface area contributed by atoms with Gasteiger partial charge in [-0.1, -0.05) is 0 Å². The SMILES string of the molecule is CC(C)Oc1ccc(F)cc1-c1cc(CNC(=O)c2cc(F)ccc2N2CCCCC2)[nH]n1. The zero-order chi connectivity index (χ0) is 23.4. The highest BCUT2D eigenvalue weighted by Gasteiger charge is 2.20. The third kappa shape index (κ3) is 5.50. The molecule has 0 spiro atoms. The maximum Gasteiger partial charge on any atom is 0.253 e. The second-order valence-electron chi connectivity index (χ2n) is 8.48. The number of rotatable bonds is 7. The van der Waals surface area contributed by atoms with E-state index in [1.165, 1.54) is 24.3 Å². The molecule has 0 radical (unpaired) electrons. The molecule has 3 aromatic rings. The summed E-state index contributed by atoms with van der Waals surface area (Å²) in [7, 11) is 0. The van der Waals surface area contributed by atoms with E-state index in [0.717, 1.165) is 38.0 Å². The molecular formula is C25H28F2N4O2. The number of nitrogens with one attached hydrogen (secondary N) is 2.